The molecule has 0 aliphatic rings. The van der Waals surface area contributed by atoms with Crippen molar-refractivity contribution in [1.82, 2.24) is 9.97 Å². The van der Waals surface area contributed by atoms with Crippen LogP contribution in [0.5, 0.6) is 0 Å². The van der Waals surface area contributed by atoms with E-state index in [4.69, 9.17) is 5.73 Å². The van der Waals surface area contributed by atoms with Crippen molar-refractivity contribution in [3.63, 3.8) is 0 Å². The number of aromatic nitrogens is 2. The summed E-state index contributed by atoms with van der Waals surface area (Å²) >= 11 is 0. The van der Waals surface area contributed by atoms with Crippen LogP contribution in [0.15, 0.2) is 48.5 Å². The molecule has 0 fully saturated rings. The summed E-state index contributed by atoms with van der Waals surface area (Å²) in [6, 6.07) is 14.0. The van der Waals surface area contributed by atoms with Gasteiger partial charge in [-0.15, -0.1) is 0 Å². The Kier molecular flexibility index (Phi) is 3.16. The summed E-state index contributed by atoms with van der Waals surface area (Å²) in [5.74, 6) is 0.660. The molecule has 5 heteroatoms. The van der Waals surface area contributed by atoms with Gasteiger partial charge in [0.1, 0.15) is 11.6 Å². The number of benzene rings is 2. The molecule has 0 unspecified atom stereocenters. The average molecular weight is 268 g/mol. The van der Waals surface area contributed by atoms with Crippen molar-refractivity contribution in [3.8, 4) is 0 Å². The summed E-state index contributed by atoms with van der Waals surface area (Å²) in [6.45, 7) is 0.542. The number of halogens is 1. The summed E-state index contributed by atoms with van der Waals surface area (Å²) in [7, 11) is 0. The monoisotopic (exact) mass is 268 g/mol. The molecule has 0 amide bonds. The molecule has 0 aliphatic heterocycles. The largest absolute Gasteiger partial charge is 0.368 e. The van der Waals surface area contributed by atoms with Gasteiger partial charge in [0.2, 0.25) is 5.95 Å². The fraction of sp³-hybridized carbons (Fsp3) is 0.0667. The smallest absolute Gasteiger partial charge is 0.222 e. The first kappa shape index (κ1) is 12.3. The van der Waals surface area contributed by atoms with E-state index in [0.717, 1.165) is 16.5 Å². The third kappa shape index (κ3) is 2.51. The Morgan fingerprint density at radius 1 is 1.00 bits per heavy atom. The van der Waals surface area contributed by atoms with Gasteiger partial charge in [-0.1, -0.05) is 24.3 Å². The Morgan fingerprint density at radius 2 is 1.75 bits per heavy atom. The molecule has 0 spiro atoms. The van der Waals surface area contributed by atoms with E-state index in [1.807, 2.05) is 24.3 Å². The minimum absolute atomic E-state index is 0.227. The predicted molar refractivity (Wildman–Crippen MR) is 77.7 cm³/mol. The zero-order valence-corrected chi connectivity index (χ0v) is 10.7. The van der Waals surface area contributed by atoms with Crippen LogP contribution in [0.2, 0.25) is 0 Å². The molecule has 20 heavy (non-hydrogen) atoms. The van der Waals surface area contributed by atoms with Gasteiger partial charge < -0.3 is 11.1 Å². The van der Waals surface area contributed by atoms with E-state index in [0.29, 0.717) is 12.4 Å². The molecule has 0 aliphatic carbocycles. The summed E-state index contributed by atoms with van der Waals surface area (Å²) in [6.07, 6.45) is 0. The van der Waals surface area contributed by atoms with Gasteiger partial charge in [0.05, 0.1) is 5.52 Å². The van der Waals surface area contributed by atoms with E-state index in [-0.39, 0.29) is 11.8 Å². The van der Waals surface area contributed by atoms with Crippen LogP contribution in [-0.2, 0) is 6.54 Å². The normalized spacial score (nSPS) is 10.7. The van der Waals surface area contributed by atoms with Gasteiger partial charge in [0.25, 0.3) is 0 Å². The zero-order chi connectivity index (χ0) is 13.9. The molecule has 0 bridgehead atoms. The second-order valence-electron chi connectivity index (χ2n) is 4.43. The van der Waals surface area contributed by atoms with Crippen molar-refractivity contribution in [1.29, 1.82) is 0 Å². The van der Waals surface area contributed by atoms with E-state index < -0.39 is 0 Å². The van der Waals surface area contributed by atoms with E-state index in [1.165, 1.54) is 12.1 Å². The van der Waals surface area contributed by atoms with E-state index in [9.17, 15) is 4.39 Å². The first-order valence-electron chi connectivity index (χ1n) is 6.23. The summed E-state index contributed by atoms with van der Waals surface area (Å²) in [5, 5.41) is 4.12. The third-order valence-electron chi connectivity index (χ3n) is 2.99. The maximum absolute atomic E-state index is 12.9. The first-order chi connectivity index (χ1) is 9.72. The molecule has 0 saturated carbocycles. The van der Waals surface area contributed by atoms with Gasteiger partial charge in [-0.3, -0.25) is 0 Å². The number of anilines is 2. The molecule has 100 valence electrons. The number of para-hydroxylation sites is 1. The standard InChI is InChI=1S/C15H13FN4/c16-11-7-5-10(6-8-11)9-18-14-12-3-1-2-4-13(12)19-15(17)20-14/h1-8H,9H2,(H3,17,18,19,20). The molecule has 3 N–H and O–H groups in total. The molecule has 0 radical (unpaired) electrons. The molecule has 0 saturated heterocycles. The van der Waals surface area contributed by atoms with Gasteiger partial charge in [-0.05, 0) is 29.8 Å². The second-order valence-corrected chi connectivity index (χ2v) is 4.43. The maximum atomic E-state index is 12.9. The fourth-order valence-corrected chi connectivity index (χ4v) is 2.02. The van der Waals surface area contributed by atoms with Crippen LogP contribution in [0.4, 0.5) is 16.2 Å². The van der Waals surface area contributed by atoms with Crippen LogP contribution in [0.25, 0.3) is 10.9 Å². The van der Waals surface area contributed by atoms with E-state index >= 15 is 0 Å². The minimum Gasteiger partial charge on any atom is -0.368 e. The highest BCUT2D eigenvalue weighted by molar-refractivity contribution is 5.89. The zero-order valence-electron chi connectivity index (χ0n) is 10.7. The number of rotatable bonds is 3. The number of hydrogen-bond acceptors (Lipinski definition) is 4. The molecular weight excluding hydrogens is 255 g/mol. The van der Waals surface area contributed by atoms with Crippen LogP contribution in [-0.4, -0.2) is 9.97 Å². The van der Waals surface area contributed by atoms with Crippen molar-refractivity contribution in [3.05, 3.63) is 59.9 Å². The molecular formula is C15H13FN4. The van der Waals surface area contributed by atoms with Crippen molar-refractivity contribution < 1.29 is 4.39 Å². The molecule has 1 aromatic heterocycles. The second kappa shape index (κ2) is 5.13. The number of fused-ring (bicyclic) bond motifs is 1. The highest BCUT2D eigenvalue weighted by atomic mass is 19.1. The number of nitrogens with two attached hydrogens (primary N) is 1. The number of nitrogens with zero attached hydrogens (tertiary/aromatic N) is 2. The van der Waals surface area contributed by atoms with Crippen LogP contribution in [0, 0.1) is 5.82 Å². The molecule has 2 aromatic carbocycles. The number of nitrogen functional groups attached to an aromatic ring is 1. The molecule has 0 atom stereocenters. The lowest BCUT2D eigenvalue weighted by molar-refractivity contribution is 0.627. The summed E-state index contributed by atoms with van der Waals surface area (Å²) in [5.41, 5.74) is 7.46. The topological polar surface area (TPSA) is 63.8 Å². The van der Waals surface area contributed by atoms with E-state index in [2.05, 4.69) is 15.3 Å². The highest BCUT2D eigenvalue weighted by Gasteiger charge is 2.05. The highest BCUT2D eigenvalue weighted by Crippen LogP contribution is 2.21. The first-order valence-corrected chi connectivity index (χ1v) is 6.23. The quantitative estimate of drug-likeness (QED) is 0.766. The lowest BCUT2D eigenvalue weighted by Crippen LogP contribution is -2.05. The third-order valence-corrected chi connectivity index (χ3v) is 2.99. The van der Waals surface area contributed by atoms with Crippen LogP contribution >= 0.6 is 0 Å². The molecule has 4 nitrogen and oxygen atoms in total. The Morgan fingerprint density at radius 3 is 2.55 bits per heavy atom. The minimum atomic E-state index is -0.245. The molecule has 1 heterocycles. The van der Waals surface area contributed by atoms with Gasteiger partial charge in [-0.2, -0.15) is 4.98 Å². The Balaban J connectivity index is 1.88. The van der Waals surface area contributed by atoms with Crippen LogP contribution < -0.4 is 11.1 Å². The predicted octanol–water partition coefficient (Wildman–Crippen LogP) is 2.96. The van der Waals surface area contributed by atoms with Crippen molar-refractivity contribution in [2.24, 2.45) is 0 Å². The molecule has 3 aromatic rings. The van der Waals surface area contributed by atoms with Crippen LogP contribution in [0.3, 0.4) is 0 Å². The lowest BCUT2D eigenvalue weighted by atomic mass is 10.2. The lowest BCUT2D eigenvalue weighted by Gasteiger charge is -2.09. The van der Waals surface area contributed by atoms with Gasteiger partial charge in [0, 0.05) is 11.9 Å². The fourth-order valence-electron chi connectivity index (χ4n) is 2.02. The SMILES string of the molecule is Nc1nc(NCc2ccc(F)cc2)c2ccccc2n1. The maximum Gasteiger partial charge on any atom is 0.222 e. The van der Waals surface area contributed by atoms with Crippen molar-refractivity contribution in [2.45, 2.75) is 6.54 Å². The van der Waals surface area contributed by atoms with Gasteiger partial charge in [-0.25, -0.2) is 9.37 Å². The summed E-state index contributed by atoms with van der Waals surface area (Å²) in [4.78, 5) is 8.40. The Hall–Kier alpha value is -2.69. The Bertz CT molecular complexity index is 740. The van der Waals surface area contributed by atoms with Gasteiger partial charge in [0.15, 0.2) is 0 Å². The number of hydrogen-bond donors (Lipinski definition) is 2. The van der Waals surface area contributed by atoms with Crippen molar-refractivity contribution in [2.75, 3.05) is 11.1 Å². The summed E-state index contributed by atoms with van der Waals surface area (Å²) < 4.78 is 12.9. The number of nitrogens with one attached hydrogen (secondary N) is 1. The molecule has 3 rings (SSSR count). The van der Waals surface area contributed by atoms with Crippen molar-refractivity contribution >= 4 is 22.7 Å². The Labute approximate surface area is 115 Å². The average Bonchev–Trinajstić information content (AvgIpc) is 2.46. The van der Waals surface area contributed by atoms with Crippen LogP contribution in [0.1, 0.15) is 5.56 Å². The van der Waals surface area contributed by atoms with E-state index in [1.54, 1.807) is 12.1 Å². The van der Waals surface area contributed by atoms with Gasteiger partial charge >= 0.3 is 0 Å².